The highest BCUT2D eigenvalue weighted by atomic mass is 16.5. The molecule has 0 spiro atoms. The molecule has 1 aliphatic heterocycles. The molecule has 1 heterocycles. The predicted molar refractivity (Wildman–Crippen MR) is 80.3 cm³/mol. The number of nitrogens with zero attached hydrogens (tertiary/aromatic N) is 1. The molecule has 1 aliphatic rings. The lowest BCUT2D eigenvalue weighted by Crippen LogP contribution is -2.39. The van der Waals surface area contributed by atoms with E-state index in [9.17, 15) is 0 Å². The van der Waals surface area contributed by atoms with Gasteiger partial charge in [-0.25, -0.2) is 0 Å². The summed E-state index contributed by atoms with van der Waals surface area (Å²) in [4.78, 5) is 4.14. The highest BCUT2D eigenvalue weighted by Crippen LogP contribution is 2.11. The van der Waals surface area contributed by atoms with Gasteiger partial charge in [-0.15, -0.1) is 0 Å². The van der Waals surface area contributed by atoms with Gasteiger partial charge >= 0.3 is 0 Å². The van der Waals surface area contributed by atoms with Crippen molar-refractivity contribution >= 4 is 5.96 Å². The first kappa shape index (κ1) is 17.2. The third-order valence-electron chi connectivity index (χ3n) is 3.05. The molecule has 0 saturated carbocycles. The van der Waals surface area contributed by atoms with Gasteiger partial charge in [-0.2, -0.15) is 0 Å². The molecule has 0 aromatic heterocycles. The van der Waals surface area contributed by atoms with Crippen molar-refractivity contribution in [3.63, 3.8) is 0 Å². The summed E-state index contributed by atoms with van der Waals surface area (Å²) in [5.74, 6) is 0.809. The Bertz CT molecular complexity index is 256. The summed E-state index contributed by atoms with van der Waals surface area (Å²) in [5.41, 5.74) is 0. The third-order valence-corrected chi connectivity index (χ3v) is 3.05. The molecular weight excluding hydrogens is 258 g/mol. The highest BCUT2D eigenvalue weighted by Gasteiger charge is 2.14. The largest absolute Gasteiger partial charge is 0.380 e. The van der Waals surface area contributed by atoms with Gasteiger partial charge in [0.15, 0.2) is 5.96 Å². The summed E-state index contributed by atoms with van der Waals surface area (Å²) in [6.07, 6.45) is 3.57. The molecule has 118 valence electrons. The maximum Gasteiger partial charge on any atom is 0.191 e. The van der Waals surface area contributed by atoms with Crippen molar-refractivity contribution in [1.82, 2.24) is 10.6 Å². The normalized spacial score (nSPS) is 19.3. The Kier molecular flexibility index (Phi) is 10.3. The Morgan fingerprint density at radius 2 is 2.10 bits per heavy atom. The molecule has 0 radical (unpaired) electrons. The zero-order valence-corrected chi connectivity index (χ0v) is 12.8. The van der Waals surface area contributed by atoms with Crippen LogP contribution in [0.25, 0.3) is 0 Å². The zero-order valence-electron chi connectivity index (χ0n) is 12.8. The second-order valence-corrected chi connectivity index (χ2v) is 4.69. The van der Waals surface area contributed by atoms with Crippen molar-refractivity contribution < 1.29 is 14.2 Å². The monoisotopic (exact) mass is 287 g/mol. The van der Waals surface area contributed by atoms with Crippen molar-refractivity contribution in [3.05, 3.63) is 0 Å². The average molecular weight is 287 g/mol. The lowest BCUT2D eigenvalue weighted by atomic mass is 10.2. The molecule has 0 aromatic carbocycles. The predicted octanol–water partition coefficient (Wildman–Crippen LogP) is 0.774. The van der Waals surface area contributed by atoms with Crippen molar-refractivity contribution in [1.29, 1.82) is 0 Å². The topological polar surface area (TPSA) is 64.1 Å². The van der Waals surface area contributed by atoms with E-state index in [-0.39, 0.29) is 0 Å². The lowest BCUT2D eigenvalue weighted by molar-refractivity contribution is 0.0168. The fourth-order valence-electron chi connectivity index (χ4n) is 1.98. The van der Waals surface area contributed by atoms with Crippen molar-refractivity contribution in [3.8, 4) is 0 Å². The van der Waals surface area contributed by atoms with E-state index in [1.165, 1.54) is 6.42 Å². The number of aliphatic imine (C=N–C) groups is 1. The van der Waals surface area contributed by atoms with Crippen LogP contribution in [-0.2, 0) is 14.2 Å². The van der Waals surface area contributed by atoms with Crippen LogP contribution in [0, 0.1) is 0 Å². The maximum atomic E-state index is 5.60. The minimum Gasteiger partial charge on any atom is -0.380 e. The van der Waals surface area contributed by atoms with Gasteiger partial charge in [0.1, 0.15) is 0 Å². The first-order valence-electron chi connectivity index (χ1n) is 7.58. The van der Waals surface area contributed by atoms with Crippen LogP contribution >= 0.6 is 0 Å². The standard InChI is InChI=1S/C14H29N3O3/c1-3-18-11-8-17-14(15-2)16-7-5-9-19-12-13-6-4-10-20-13/h13H,3-12H2,1-2H3,(H2,15,16,17). The molecule has 6 heteroatoms. The Hall–Kier alpha value is -0.850. The Labute approximate surface area is 122 Å². The van der Waals surface area contributed by atoms with Crippen LogP contribution in [0.2, 0.25) is 0 Å². The first-order chi connectivity index (χ1) is 9.86. The molecule has 0 aromatic rings. The minimum atomic E-state index is 0.316. The zero-order chi connectivity index (χ0) is 14.5. The molecule has 1 atom stereocenters. The van der Waals surface area contributed by atoms with Crippen LogP contribution in [0.4, 0.5) is 0 Å². The molecular formula is C14H29N3O3. The molecule has 1 unspecified atom stereocenters. The number of hydrogen-bond acceptors (Lipinski definition) is 4. The van der Waals surface area contributed by atoms with Gasteiger partial charge in [-0.1, -0.05) is 0 Å². The fourth-order valence-corrected chi connectivity index (χ4v) is 1.98. The molecule has 1 rings (SSSR count). The maximum absolute atomic E-state index is 5.60. The molecule has 0 bridgehead atoms. The van der Waals surface area contributed by atoms with Crippen LogP contribution in [-0.4, -0.2) is 65.2 Å². The first-order valence-corrected chi connectivity index (χ1v) is 7.58. The quantitative estimate of drug-likeness (QED) is 0.353. The molecule has 6 nitrogen and oxygen atoms in total. The van der Waals surface area contributed by atoms with E-state index in [2.05, 4.69) is 15.6 Å². The summed E-state index contributed by atoms with van der Waals surface area (Å²) >= 11 is 0. The third kappa shape index (κ3) is 8.35. The van der Waals surface area contributed by atoms with Gasteiger partial charge in [0.2, 0.25) is 0 Å². The summed E-state index contributed by atoms with van der Waals surface area (Å²) in [6.45, 7) is 7.41. The Morgan fingerprint density at radius 1 is 1.25 bits per heavy atom. The van der Waals surface area contributed by atoms with Gasteiger partial charge in [0.25, 0.3) is 0 Å². The van der Waals surface area contributed by atoms with Crippen molar-refractivity contribution in [2.24, 2.45) is 4.99 Å². The lowest BCUT2D eigenvalue weighted by Gasteiger charge is -2.12. The molecule has 0 aliphatic carbocycles. The van der Waals surface area contributed by atoms with E-state index in [1.54, 1.807) is 7.05 Å². The summed E-state index contributed by atoms with van der Waals surface area (Å²) < 4.78 is 16.4. The average Bonchev–Trinajstić information content (AvgIpc) is 2.98. The second-order valence-electron chi connectivity index (χ2n) is 4.69. The van der Waals surface area contributed by atoms with Gasteiger partial charge in [0, 0.05) is 40.0 Å². The number of ether oxygens (including phenoxy) is 3. The number of guanidine groups is 1. The van der Waals surface area contributed by atoms with E-state index < -0.39 is 0 Å². The summed E-state index contributed by atoms with van der Waals surface area (Å²) in [7, 11) is 1.77. The van der Waals surface area contributed by atoms with E-state index >= 15 is 0 Å². The van der Waals surface area contributed by atoms with E-state index in [1.807, 2.05) is 6.92 Å². The van der Waals surface area contributed by atoms with Crippen LogP contribution < -0.4 is 10.6 Å². The fraction of sp³-hybridized carbons (Fsp3) is 0.929. The Morgan fingerprint density at radius 3 is 2.80 bits per heavy atom. The van der Waals surface area contributed by atoms with Crippen LogP contribution in [0.15, 0.2) is 4.99 Å². The number of nitrogens with one attached hydrogen (secondary N) is 2. The number of rotatable bonds is 10. The summed E-state index contributed by atoms with van der Waals surface area (Å²) in [5, 5.41) is 6.44. The van der Waals surface area contributed by atoms with Crippen LogP contribution in [0.1, 0.15) is 26.2 Å². The van der Waals surface area contributed by atoms with E-state index in [0.29, 0.717) is 12.7 Å². The molecule has 1 saturated heterocycles. The summed E-state index contributed by atoms with van der Waals surface area (Å²) in [6, 6.07) is 0. The highest BCUT2D eigenvalue weighted by molar-refractivity contribution is 5.79. The van der Waals surface area contributed by atoms with Crippen molar-refractivity contribution in [2.45, 2.75) is 32.3 Å². The van der Waals surface area contributed by atoms with Gasteiger partial charge in [0.05, 0.1) is 19.3 Å². The molecule has 0 amide bonds. The van der Waals surface area contributed by atoms with Gasteiger partial charge in [-0.3, -0.25) is 4.99 Å². The molecule has 2 N–H and O–H groups in total. The SMILES string of the molecule is CCOCCNC(=NC)NCCCOCC1CCCO1. The molecule has 1 fully saturated rings. The van der Waals surface area contributed by atoms with E-state index in [4.69, 9.17) is 14.2 Å². The van der Waals surface area contributed by atoms with Crippen molar-refractivity contribution in [2.75, 3.05) is 53.2 Å². The Balaban J connectivity index is 1.90. The minimum absolute atomic E-state index is 0.316. The smallest absolute Gasteiger partial charge is 0.191 e. The van der Waals surface area contributed by atoms with Crippen LogP contribution in [0.3, 0.4) is 0 Å². The number of hydrogen-bond donors (Lipinski definition) is 2. The van der Waals surface area contributed by atoms with E-state index in [0.717, 1.165) is 58.3 Å². The van der Waals surface area contributed by atoms with Crippen LogP contribution in [0.5, 0.6) is 0 Å². The van der Waals surface area contributed by atoms with Gasteiger partial charge in [-0.05, 0) is 26.2 Å². The second kappa shape index (κ2) is 11.9. The van der Waals surface area contributed by atoms with Gasteiger partial charge < -0.3 is 24.8 Å². The molecule has 20 heavy (non-hydrogen) atoms.